The Morgan fingerprint density at radius 2 is 0.721 bits per heavy atom. The van der Waals surface area contributed by atoms with Crippen LogP contribution in [0.1, 0.15) is 0 Å². The predicted octanol–water partition coefficient (Wildman–Crippen LogP) is 14.3. The van der Waals surface area contributed by atoms with Crippen molar-refractivity contribution in [3.63, 3.8) is 0 Å². The van der Waals surface area contributed by atoms with Gasteiger partial charge in [0.15, 0.2) is 5.82 Å². The first-order valence-electron chi connectivity index (χ1n) is 20.6. The van der Waals surface area contributed by atoms with E-state index in [0.29, 0.717) is 11.8 Å². The van der Waals surface area contributed by atoms with Crippen molar-refractivity contribution >= 4 is 86.7 Å². The Morgan fingerprint density at radius 1 is 0.295 bits per heavy atom. The lowest BCUT2D eigenvalue weighted by molar-refractivity contribution is 1.01. The fraction of sp³-hybridized carbons (Fsp3) is 0. The summed E-state index contributed by atoms with van der Waals surface area (Å²) < 4.78 is 2.18. The minimum absolute atomic E-state index is 0.596. The molecule has 0 amide bonds. The van der Waals surface area contributed by atoms with Crippen LogP contribution in [0.3, 0.4) is 0 Å². The van der Waals surface area contributed by atoms with Gasteiger partial charge in [0, 0.05) is 39.5 Å². The molecule has 0 saturated carbocycles. The third-order valence-electron chi connectivity index (χ3n) is 12.5. The molecule has 0 bridgehead atoms. The van der Waals surface area contributed by atoms with Crippen molar-refractivity contribution in [3.05, 3.63) is 200 Å². The number of fused-ring (bicyclic) bond motifs is 15. The summed E-state index contributed by atoms with van der Waals surface area (Å²) in [5, 5.41) is 13.6. The monoisotopic (exact) mass is 775 g/mol. The Balaban J connectivity index is 1.13. The van der Waals surface area contributed by atoms with E-state index in [9.17, 15) is 0 Å². The molecule has 0 saturated heterocycles. The smallest absolute Gasteiger partial charge is 0.235 e. The zero-order valence-electron chi connectivity index (χ0n) is 32.8. The molecule has 61 heavy (non-hydrogen) atoms. The Hall–Kier alpha value is -8.28. The third kappa shape index (κ3) is 5.08. The molecular weight excluding hydrogens is 743 g/mol. The molecular formula is C56H33N5. The van der Waals surface area contributed by atoms with E-state index in [-0.39, 0.29) is 0 Å². The van der Waals surface area contributed by atoms with Crippen LogP contribution in [0.2, 0.25) is 0 Å². The topological polar surface area (TPSA) is 56.5 Å². The molecule has 13 aromatic rings. The van der Waals surface area contributed by atoms with E-state index in [4.69, 9.17) is 19.9 Å². The van der Waals surface area contributed by atoms with Gasteiger partial charge in [0.05, 0.1) is 11.0 Å². The molecule has 0 spiro atoms. The third-order valence-corrected chi connectivity index (χ3v) is 12.5. The Kier molecular flexibility index (Phi) is 7.24. The molecule has 0 aliphatic rings. The predicted molar refractivity (Wildman–Crippen MR) is 253 cm³/mol. The standard InChI is InChI=1S/C56H33N5/c1-3-15-34(16-4-1)44-30-47-48(31-45(44)35-17-5-2-6-18-35)50-33-58-56(61-51-25-13-11-23-42(51)43-24-12-14-26-52(43)61)60-54(50)53-49(47)32-57-55(59-53)36-27-28-41-39-21-8-7-19-37(39)38-20-9-10-22-40(38)46(41)29-36/h1-33H. The van der Waals surface area contributed by atoms with E-state index in [1.165, 1.54) is 32.3 Å². The second-order valence-electron chi connectivity index (χ2n) is 15.8. The molecule has 10 aromatic carbocycles. The van der Waals surface area contributed by atoms with Crippen LogP contribution < -0.4 is 0 Å². The molecule has 3 aromatic heterocycles. The summed E-state index contributed by atoms with van der Waals surface area (Å²) in [5.74, 6) is 1.24. The molecule has 5 heteroatoms. The maximum atomic E-state index is 5.50. The zero-order valence-corrected chi connectivity index (χ0v) is 32.8. The summed E-state index contributed by atoms with van der Waals surface area (Å²) in [4.78, 5) is 21.3. The normalized spacial score (nSPS) is 11.9. The summed E-state index contributed by atoms with van der Waals surface area (Å²) in [6, 6.07) is 66.8. The summed E-state index contributed by atoms with van der Waals surface area (Å²) in [6.07, 6.45) is 4.00. The lowest BCUT2D eigenvalue weighted by atomic mass is 9.89. The highest BCUT2D eigenvalue weighted by Gasteiger charge is 2.21. The highest BCUT2D eigenvalue weighted by atomic mass is 15.2. The largest absolute Gasteiger partial charge is 0.278 e. The van der Waals surface area contributed by atoms with Crippen LogP contribution in [0, 0.1) is 0 Å². The van der Waals surface area contributed by atoms with E-state index >= 15 is 0 Å². The van der Waals surface area contributed by atoms with Gasteiger partial charge in [-0.1, -0.05) is 158 Å². The van der Waals surface area contributed by atoms with Gasteiger partial charge < -0.3 is 0 Å². The zero-order chi connectivity index (χ0) is 40.0. The lowest BCUT2D eigenvalue weighted by Crippen LogP contribution is -2.02. The average molecular weight is 776 g/mol. The van der Waals surface area contributed by atoms with Gasteiger partial charge in [-0.15, -0.1) is 0 Å². The van der Waals surface area contributed by atoms with Crippen LogP contribution in [-0.4, -0.2) is 24.5 Å². The van der Waals surface area contributed by atoms with Crippen LogP contribution in [-0.2, 0) is 0 Å². The van der Waals surface area contributed by atoms with Crippen molar-refractivity contribution in [2.24, 2.45) is 0 Å². The van der Waals surface area contributed by atoms with Crippen molar-refractivity contribution in [1.29, 1.82) is 0 Å². The van der Waals surface area contributed by atoms with E-state index in [2.05, 4.69) is 193 Å². The van der Waals surface area contributed by atoms with Gasteiger partial charge in [0.25, 0.3) is 0 Å². The fourth-order valence-corrected chi connectivity index (χ4v) is 9.70. The second-order valence-corrected chi connectivity index (χ2v) is 15.8. The number of aromatic nitrogens is 5. The number of benzene rings is 10. The average Bonchev–Trinajstić information content (AvgIpc) is 3.68. The molecule has 5 nitrogen and oxygen atoms in total. The van der Waals surface area contributed by atoms with Gasteiger partial charge in [-0.05, 0) is 95.7 Å². The molecule has 0 N–H and O–H groups in total. The molecule has 0 fully saturated rings. The van der Waals surface area contributed by atoms with Gasteiger partial charge in [-0.25, -0.2) is 19.9 Å². The van der Waals surface area contributed by atoms with Crippen LogP contribution in [0.5, 0.6) is 0 Å². The summed E-state index contributed by atoms with van der Waals surface area (Å²) >= 11 is 0. The molecule has 0 aliphatic heterocycles. The summed E-state index contributed by atoms with van der Waals surface area (Å²) in [7, 11) is 0. The second kappa shape index (κ2) is 13.1. The first-order valence-corrected chi connectivity index (χ1v) is 20.6. The Labute approximate surface area is 349 Å². The van der Waals surface area contributed by atoms with Crippen LogP contribution in [0.4, 0.5) is 0 Å². The summed E-state index contributed by atoms with van der Waals surface area (Å²) in [5.41, 5.74) is 9.18. The first kappa shape index (κ1) is 33.7. The van der Waals surface area contributed by atoms with E-state index in [1.807, 2.05) is 12.4 Å². The molecule has 13 rings (SSSR count). The maximum absolute atomic E-state index is 5.50. The van der Waals surface area contributed by atoms with Crippen LogP contribution >= 0.6 is 0 Å². The van der Waals surface area contributed by atoms with E-state index in [1.54, 1.807) is 0 Å². The van der Waals surface area contributed by atoms with Gasteiger partial charge in [-0.3, -0.25) is 4.57 Å². The van der Waals surface area contributed by atoms with Crippen molar-refractivity contribution < 1.29 is 0 Å². The molecule has 0 unspecified atom stereocenters. The molecule has 0 aliphatic carbocycles. The molecule has 0 radical (unpaired) electrons. The molecule has 3 heterocycles. The SMILES string of the molecule is c1ccc(-c2cc3c(cc2-c2ccccc2)c2cnc(-n4c5ccccc5c5ccccc54)nc2c2nc(-c4ccc5c6ccccc6c6ccccc6c5c4)ncc32)cc1. The highest BCUT2D eigenvalue weighted by molar-refractivity contribution is 6.27. The number of para-hydroxylation sites is 2. The molecule has 0 atom stereocenters. The van der Waals surface area contributed by atoms with Crippen LogP contribution in [0.25, 0.3) is 126 Å². The van der Waals surface area contributed by atoms with Crippen LogP contribution in [0.15, 0.2) is 200 Å². The number of hydrogen-bond donors (Lipinski definition) is 0. The maximum Gasteiger partial charge on any atom is 0.235 e. The van der Waals surface area contributed by atoms with Gasteiger partial charge in [0.1, 0.15) is 11.0 Å². The lowest BCUT2D eigenvalue weighted by Gasteiger charge is -2.17. The molecule has 282 valence electrons. The highest BCUT2D eigenvalue weighted by Crippen LogP contribution is 2.43. The van der Waals surface area contributed by atoms with Crippen molar-refractivity contribution in [1.82, 2.24) is 24.5 Å². The number of nitrogens with zero attached hydrogens (tertiary/aromatic N) is 5. The minimum Gasteiger partial charge on any atom is -0.278 e. The Morgan fingerprint density at radius 3 is 1.28 bits per heavy atom. The number of hydrogen-bond acceptors (Lipinski definition) is 4. The van der Waals surface area contributed by atoms with Crippen molar-refractivity contribution in [2.45, 2.75) is 0 Å². The van der Waals surface area contributed by atoms with E-state index < -0.39 is 0 Å². The van der Waals surface area contributed by atoms with Crippen molar-refractivity contribution in [3.8, 4) is 39.6 Å². The summed E-state index contributed by atoms with van der Waals surface area (Å²) in [6.45, 7) is 0. The fourth-order valence-electron chi connectivity index (χ4n) is 9.70. The van der Waals surface area contributed by atoms with E-state index in [0.717, 1.165) is 82.2 Å². The quantitative estimate of drug-likeness (QED) is 0.167. The first-order chi connectivity index (χ1) is 30.3. The number of rotatable bonds is 4. The van der Waals surface area contributed by atoms with Gasteiger partial charge >= 0.3 is 0 Å². The minimum atomic E-state index is 0.596. The van der Waals surface area contributed by atoms with Gasteiger partial charge in [0.2, 0.25) is 5.95 Å². The van der Waals surface area contributed by atoms with Gasteiger partial charge in [-0.2, -0.15) is 0 Å². The van der Waals surface area contributed by atoms with Crippen molar-refractivity contribution in [2.75, 3.05) is 0 Å². The Bertz CT molecular complexity index is 3840.